The van der Waals surface area contributed by atoms with Gasteiger partial charge in [-0.2, -0.15) is 9.97 Å². The van der Waals surface area contributed by atoms with Gasteiger partial charge in [0.2, 0.25) is 5.95 Å². The lowest BCUT2D eigenvalue weighted by Gasteiger charge is -2.25. The highest BCUT2D eigenvalue weighted by Crippen LogP contribution is 2.32. The van der Waals surface area contributed by atoms with Gasteiger partial charge in [0.15, 0.2) is 17.5 Å². The maximum absolute atomic E-state index is 9.85. The first-order valence-corrected chi connectivity index (χ1v) is 8.57. The van der Waals surface area contributed by atoms with Gasteiger partial charge in [0.25, 0.3) is 0 Å². The molecule has 0 saturated carbocycles. The zero-order chi connectivity index (χ0) is 18.9. The number of aromatic nitrogens is 6. The molecule has 2 aromatic heterocycles. The van der Waals surface area contributed by atoms with E-state index in [2.05, 4.69) is 36.1 Å². The number of aryl methyl sites for hydroxylation is 1. The zero-order valence-electron chi connectivity index (χ0n) is 15.6. The van der Waals surface area contributed by atoms with Crippen LogP contribution in [0, 0.1) is 0 Å². The van der Waals surface area contributed by atoms with Gasteiger partial charge in [-0.25, -0.2) is 4.68 Å². The summed E-state index contributed by atoms with van der Waals surface area (Å²) in [5.74, 6) is 2.25. The van der Waals surface area contributed by atoms with E-state index in [1.807, 2.05) is 25.7 Å². The molecular formula is C15H26N10O. The second-order valence-electron chi connectivity index (χ2n) is 7.47. The molecule has 5 N–H and O–H groups in total. The number of aliphatic hydroxyl groups excluding tert-OH is 1. The summed E-state index contributed by atoms with van der Waals surface area (Å²) in [4.78, 5) is 11.1. The highest BCUT2D eigenvalue weighted by Gasteiger charge is 2.26. The normalized spacial score (nSPS) is 17.6. The lowest BCUT2D eigenvalue weighted by atomic mass is 10.1. The topological polar surface area (TPSA) is 143 Å². The standard InChI is InChI=1S/C15H26N10O/c1-15(2,3)20-14-18-12(17-7-10-21-22-23-24(10)4)11(16)13(19-14)25-6-5-9(26)8-25/h9,26H,5-8,16H2,1-4H3,(H2,17,18,19,20). The Bertz CT molecular complexity index is 768. The first-order chi connectivity index (χ1) is 12.2. The van der Waals surface area contributed by atoms with Crippen molar-refractivity contribution in [3.8, 4) is 0 Å². The average Bonchev–Trinajstić information content (AvgIpc) is 3.14. The molecule has 0 bridgehead atoms. The summed E-state index contributed by atoms with van der Waals surface area (Å²) in [5, 5.41) is 27.7. The molecule has 2 aromatic rings. The van der Waals surface area contributed by atoms with E-state index >= 15 is 0 Å². The molecule has 1 unspecified atom stereocenters. The van der Waals surface area contributed by atoms with Crippen LogP contribution >= 0.6 is 0 Å². The molecule has 26 heavy (non-hydrogen) atoms. The van der Waals surface area contributed by atoms with Crippen LogP contribution in [-0.4, -0.2) is 60.0 Å². The predicted molar refractivity (Wildman–Crippen MR) is 98.8 cm³/mol. The van der Waals surface area contributed by atoms with Gasteiger partial charge in [-0.15, -0.1) is 5.10 Å². The van der Waals surface area contributed by atoms with E-state index in [1.165, 1.54) is 0 Å². The van der Waals surface area contributed by atoms with E-state index in [-0.39, 0.29) is 11.6 Å². The number of hydrogen-bond acceptors (Lipinski definition) is 10. The largest absolute Gasteiger partial charge is 0.393 e. The molecule has 1 atom stereocenters. The highest BCUT2D eigenvalue weighted by atomic mass is 16.3. The molecule has 1 saturated heterocycles. The fourth-order valence-corrected chi connectivity index (χ4v) is 2.72. The Morgan fingerprint density at radius 2 is 2.08 bits per heavy atom. The van der Waals surface area contributed by atoms with Crippen LogP contribution in [0.1, 0.15) is 33.0 Å². The number of nitrogens with one attached hydrogen (secondary N) is 2. The van der Waals surface area contributed by atoms with Crippen molar-refractivity contribution in [1.82, 2.24) is 30.2 Å². The first-order valence-electron chi connectivity index (χ1n) is 8.57. The summed E-state index contributed by atoms with van der Waals surface area (Å²) >= 11 is 0. The molecular weight excluding hydrogens is 336 g/mol. The van der Waals surface area contributed by atoms with Gasteiger partial charge in [0.05, 0.1) is 12.6 Å². The van der Waals surface area contributed by atoms with Crippen LogP contribution in [0.5, 0.6) is 0 Å². The van der Waals surface area contributed by atoms with Crippen molar-refractivity contribution >= 4 is 23.3 Å². The van der Waals surface area contributed by atoms with Gasteiger partial charge >= 0.3 is 0 Å². The number of tetrazole rings is 1. The molecule has 0 spiro atoms. The number of β-amino-alcohol motifs (C(OH)–C–C–N with tert-alkyl or cyclic N) is 1. The number of nitrogens with zero attached hydrogens (tertiary/aromatic N) is 7. The second kappa shape index (κ2) is 6.90. The molecule has 0 aromatic carbocycles. The second-order valence-corrected chi connectivity index (χ2v) is 7.47. The average molecular weight is 362 g/mol. The summed E-state index contributed by atoms with van der Waals surface area (Å²) in [5.41, 5.74) is 6.55. The van der Waals surface area contributed by atoms with E-state index in [4.69, 9.17) is 5.73 Å². The molecule has 0 radical (unpaired) electrons. The molecule has 0 amide bonds. The Hall–Kier alpha value is -2.69. The van der Waals surface area contributed by atoms with E-state index in [0.29, 0.717) is 55.2 Å². The lowest BCUT2D eigenvalue weighted by molar-refractivity contribution is 0.198. The van der Waals surface area contributed by atoms with Crippen molar-refractivity contribution in [3.63, 3.8) is 0 Å². The number of nitrogens with two attached hydrogens (primary N) is 1. The smallest absolute Gasteiger partial charge is 0.227 e. The Morgan fingerprint density at radius 1 is 1.31 bits per heavy atom. The van der Waals surface area contributed by atoms with Crippen LogP contribution in [0.2, 0.25) is 0 Å². The van der Waals surface area contributed by atoms with Crippen molar-refractivity contribution in [3.05, 3.63) is 5.82 Å². The number of anilines is 4. The zero-order valence-corrected chi connectivity index (χ0v) is 15.6. The SMILES string of the molecule is Cn1nnnc1CNc1nc(NC(C)(C)C)nc(N2CCC(O)C2)c1N. The highest BCUT2D eigenvalue weighted by molar-refractivity contribution is 5.77. The third-order valence-corrected chi connectivity index (χ3v) is 4.00. The monoisotopic (exact) mass is 362 g/mol. The van der Waals surface area contributed by atoms with Gasteiger partial charge in [0.1, 0.15) is 5.69 Å². The van der Waals surface area contributed by atoms with E-state index in [0.717, 1.165) is 0 Å². The molecule has 1 aliphatic rings. The van der Waals surface area contributed by atoms with Crippen LogP contribution in [0.25, 0.3) is 0 Å². The van der Waals surface area contributed by atoms with Gasteiger partial charge in [-0.1, -0.05) is 0 Å². The van der Waals surface area contributed by atoms with E-state index in [1.54, 1.807) is 11.7 Å². The van der Waals surface area contributed by atoms with E-state index < -0.39 is 0 Å². The number of aliphatic hydroxyl groups is 1. The fraction of sp³-hybridized carbons (Fsp3) is 0.667. The summed E-state index contributed by atoms with van der Waals surface area (Å²) < 4.78 is 1.58. The molecule has 11 nitrogen and oxygen atoms in total. The van der Waals surface area contributed by atoms with Crippen LogP contribution in [0.4, 0.5) is 23.3 Å². The minimum atomic E-state index is -0.371. The minimum absolute atomic E-state index is 0.206. The van der Waals surface area contributed by atoms with Crippen LogP contribution in [0.3, 0.4) is 0 Å². The van der Waals surface area contributed by atoms with Crippen molar-refractivity contribution in [2.45, 2.75) is 45.4 Å². The number of hydrogen-bond donors (Lipinski definition) is 4. The predicted octanol–water partition coefficient (Wildman–Crippen LogP) is -0.0242. The Kier molecular flexibility index (Phi) is 4.81. The van der Waals surface area contributed by atoms with Crippen LogP contribution < -0.4 is 21.3 Å². The molecule has 11 heteroatoms. The number of rotatable bonds is 5. The lowest BCUT2D eigenvalue weighted by Crippen LogP contribution is -2.29. The molecule has 1 fully saturated rings. The Labute approximate surface area is 152 Å². The van der Waals surface area contributed by atoms with Crippen LogP contribution in [0.15, 0.2) is 0 Å². The fourth-order valence-electron chi connectivity index (χ4n) is 2.72. The van der Waals surface area contributed by atoms with E-state index in [9.17, 15) is 5.11 Å². The third kappa shape index (κ3) is 4.10. The molecule has 0 aliphatic carbocycles. The number of nitrogen functional groups attached to an aromatic ring is 1. The van der Waals surface area contributed by atoms with Crippen molar-refractivity contribution < 1.29 is 5.11 Å². The van der Waals surface area contributed by atoms with Gasteiger partial charge < -0.3 is 26.4 Å². The molecule has 3 rings (SSSR count). The minimum Gasteiger partial charge on any atom is -0.393 e. The van der Waals surface area contributed by atoms with Crippen molar-refractivity contribution in [2.75, 3.05) is 34.4 Å². The first kappa shape index (κ1) is 18.1. The Balaban J connectivity index is 1.90. The van der Waals surface area contributed by atoms with Gasteiger partial charge in [0, 0.05) is 25.7 Å². The van der Waals surface area contributed by atoms with Crippen molar-refractivity contribution in [1.29, 1.82) is 0 Å². The maximum atomic E-state index is 9.85. The third-order valence-electron chi connectivity index (χ3n) is 4.00. The van der Waals surface area contributed by atoms with Gasteiger partial charge in [-0.05, 0) is 37.6 Å². The molecule has 142 valence electrons. The van der Waals surface area contributed by atoms with Gasteiger partial charge in [-0.3, -0.25) is 0 Å². The maximum Gasteiger partial charge on any atom is 0.227 e. The van der Waals surface area contributed by atoms with Crippen molar-refractivity contribution in [2.24, 2.45) is 7.05 Å². The molecule has 1 aliphatic heterocycles. The summed E-state index contributed by atoms with van der Waals surface area (Å²) in [7, 11) is 1.77. The van der Waals surface area contributed by atoms with Crippen LogP contribution in [-0.2, 0) is 13.6 Å². The summed E-state index contributed by atoms with van der Waals surface area (Å²) in [6.45, 7) is 7.67. The Morgan fingerprint density at radius 3 is 2.65 bits per heavy atom. The molecule has 3 heterocycles. The summed E-state index contributed by atoms with van der Waals surface area (Å²) in [6.07, 6.45) is 0.322. The summed E-state index contributed by atoms with van der Waals surface area (Å²) in [6, 6.07) is 0. The quantitative estimate of drug-likeness (QED) is 0.572.